The Morgan fingerprint density at radius 2 is 1.71 bits per heavy atom. The van der Waals surface area contributed by atoms with E-state index in [1.165, 1.54) is 0 Å². The molecule has 2 aromatic carbocycles. The molecule has 1 saturated heterocycles. The second kappa shape index (κ2) is 8.26. The van der Waals surface area contributed by atoms with Gasteiger partial charge in [0.1, 0.15) is 0 Å². The van der Waals surface area contributed by atoms with Crippen LogP contribution in [0.25, 0.3) is 16.9 Å². The Kier molecular flexibility index (Phi) is 5.57. The van der Waals surface area contributed by atoms with Gasteiger partial charge in [0.15, 0.2) is 0 Å². The molecule has 3 aromatic rings. The minimum atomic E-state index is -3.04. The van der Waals surface area contributed by atoms with Crippen molar-refractivity contribution in [2.75, 3.05) is 25.4 Å². The summed E-state index contributed by atoms with van der Waals surface area (Å²) in [5.41, 5.74) is 4.09. The highest BCUT2D eigenvalue weighted by molar-refractivity contribution is 7.89. The molecule has 0 atom stereocenters. The summed E-state index contributed by atoms with van der Waals surface area (Å²) in [5.74, 6) is 0.273. The van der Waals surface area contributed by atoms with Gasteiger partial charge >= 0.3 is 0 Å². The number of nitrogens with zero attached hydrogens (tertiary/aromatic N) is 3. The number of hydrogen-bond donors (Lipinski definition) is 1. The van der Waals surface area contributed by atoms with Crippen molar-refractivity contribution in [3.05, 3.63) is 72.4 Å². The van der Waals surface area contributed by atoms with Gasteiger partial charge in [-0.15, -0.1) is 0 Å². The Balaban J connectivity index is 1.50. The van der Waals surface area contributed by atoms with E-state index in [1.54, 1.807) is 4.31 Å². The van der Waals surface area contributed by atoms with Crippen molar-refractivity contribution in [3.8, 4) is 16.9 Å². The summed E-state index contributed by atoms with van der Waals surface area (Å²) >= 11 is 0. The Labute approximate surface area is 165 Å². The maximum Gasteiger partial charge on any atom is 0.214 e. The Bertz CT molecular complexity index is 1020. The van der Waals surface area contributed by atoms with Crippen molar-refractivity contribution < 1.29 is 8.42 Å². The lowest BCUT2D eigenvalue weighted by molar-refractivity contribution is 0.434. The van der Waals surface area contributed by atoms with E-state index in [0.29, 0.717) is 26.2 Å². The highest BCUT2D eigenvalue weighted by Gasteiger charge is 2.27. The number of benzene rings is 2. The summed E-state index contributed by atoms with van der Waals surface area (Å²) in [6.45, 7) is 2.38. The van der Waals surface area contributed by atoms with Gasteiger partial charge in [-0.1, -0.05) is 48.5 Å². The lowest BCUT2D eigenvalue weighted by Gasteiger charge is -2.14. The van der Waals surface area contributed by atoms with Gasteiger partial charge in [0.05, 0.1) is 17.1 Å². The van der Waals surface area contributed by atoms with Gasteiger partial charge in [-0.2, -0.15) is 5.10 Å². The fourth-order valence-electron chi connectivity index (χ4n) is 3.46. The molecule has 6 nitrogen and oxygen atoms in total. The maximum atomic E-state index is 11.9. The lowest BCUT2D eigenvalue weighted by atomic mass is 10.1. The zero-order chi connectivity index (χ0) is 19.4. The summed E-state index contributed by atoms with van der Waals surface area (Å²) in [7, 11) is -3.04. The molecule has 4 rings (SSSR count). The summed E-state index contributed by atoms with van der Waals surface area (Å²) < 4.78 is 27.3. The van der Waals surface area contributed by atoms with E-state index in [1.807, 2.05) is 59.4 Å². The quantitative estimate of drug-likeness (QED) is 0.624. The number of aromatic nitrogens is 2. The van der Waals surface area contributed by atoms with Crippen LogP contribution in [0.3, 0.4) is 0 Å². The van der Waals surface area contributed by atoms with E-state index in [9.17, 15) is 8.42 Å². The zero-order valence-corrected chi connectivity index (χ0v) is 16.5. The van der Waals surface area contributed by atoms with Crippen molar-refractivity contribution in [1.82, 2.24) is 19.4 Å². The van der Waals surface area contributed by atoms with Gasteiger partial charge in [0, 0.05) is 43.5 Å². The van der Waals surface area contributed by atoms with Gasteiger partial charge in [0.25, 0.3) is 0 Å². The van der Waals surface area contributed by atoms with Gasteiger partial charge in [-0.3, -0.25) is 0 Å². The average Bonchev–Trinajstić information content (AvgIpc) is 3.29. The first-order valence-corrected chi connectivity index (χ1v) is 11.1. The summed E-state index contributed by atoms with van der Waals surface area (Å²) in [6, 6.07) is 20.1. The molecule has 1 fully saturated rings. The summed E-state index contributed by atoms with van der Waals surface area (Å²) in [5, 5.41) is 8.18. The molecule has 0 radical (unpaired) electrons. The molecule has 146 valence electrons. The summed E-state index contributed by atoms with van der Waals surface area (Å²) in [4.78, 5) is 0. The third-order valence-corrected chi connectivity index (χ3v) is 6.87. The normalized spacial score (nSPS) is 16.4. The number of rotatable bonds is 7. The first-order valence-electron chi connectivity index (χ1n) is 9.51. The average molecular weight is 397 g/mol. The molecule has 1 aromatic heterocycles. The van der Waals surface area contributed by atoms with Gasteiger partial charge in [-0.05, 0) is 18.6 Å². The van der Waals surface area contributed by atoms with Crippen molar-refractivity contribution in [2.24, 2.45) is 0 Å². The van der Waals surface area contributed by atoms with E-state index in [-0.39, 0.29) is 5.75 Å². The number of sulfonamides is 1. The second-order valence-corrected chi connectivity index (χ2v) is 8.98. The van der Waals surface area contributed by atoms with E-state index in [4.69, 9.17) is 5.10 Å². The van der Waals surface area contributed by atoms with Crippen molar-refractivity contribution in [3.63, 3.8) is 0 Å². The Hall–Kier alpha value is -2.48. The maximum absolute atomic E-state index is 11.9. The van der Waals surface area contributed by atoms with Crippen LogP contribution in [-0.2, 0) is 16.6 Å². The van der Waals surface area contributed by atoms with E-state index < -0.39 is 10.0 Å². The number of nitrogens with one attached hydrogen (secondary N) is 1. The van der Waals surface area contributed by atoms with Crippen LogP contribution in [0.5, 0.6) is 0 Å². The molecule has 1 aliphatic rings. The highest BCUT2D eigenvalue weighted by atomic mass is 32.2. The van der Waals surface area contributed by atoms with Gasteiger partial charge in [0.2, 0.25) is 10.0 Å². The molecule has 28 heavy (non-hydrogen) atoms. The molecule has 0 bridgehead atoms. The molecule has 7 heteroatoms. The number of hydrogen-bond acceptors (Lipinski definition) is 4. The lowest BCUT2D eigenvalue weighted by Crippen LogP contribution is -2.33. The SMILES string of the molecule is O=S1(=O)CCCN1CCNCc1cn(-c2ccccc2)nc1-c1ccccc1. The van der Waals surface area contributed by atoms with Crippen LogP contribution in [0.4, 0.5) is 0 Å². The molecular formula is C21H24N4O2S. The van der Waals surface area contributed by atoms with Crippen molar-refractivity contribution >= 4 is 10.0 Å². The van der Waals surface area contributed by atoms with E-state index >= 15 is 0 Å². The van der Waals surface area contributed by atoms with Crippen LogP contribution in [-0.4, -0.2) is 47.9 Å². The summed E-state index contributed by atoms with van der Waals surface area (Å²) in [6.07, 6.45) is 2.77. The number of para-hydroxylation sites is 1. The molecule has 0 unspecified atom stereocenters. The predicted octanol–water partition coefficient (Wildman–Crippen LogP) is 2.66. The fraction of sp³-hybridized carbons (Fsp3) is 0.286. The monoisotopic (exact) mass is 396 g/mol. The molecule has 1 aliphatic heterocycles. The fourth-order valence-corrected chi connectivity index (χ4v) is 4.99. The first-order chi connectivity index (χ1) is 13.6. The van der Waals surface area contributed by atoms with Gasteiger partial charge in [-0.25, -0.2) is 17.4 Å². The molecule has 0 amide bonds. The molecular weight excluding hydrogens is 372 g/mol. The Morgan fingerprint density at radius 1 is 1.00 bits per heavy atom. The van der Waals surface area contributed by atoms with Crippen molar-refractivity contribution in [1.29, 1.82) is 0 Å². The van der Waals surface area contributed by atoms with Crippen LogP contribution in [0.1, 0.15) is 12.0 Å². The van der Waals surface area contributed by atoms with Crippen LogP contribution in [0.15, 0.2) is 66.9 Å². The molecule has 0 saturated carbocycles. The highest BCUT2D eigenvalue weighted by Crippen LogP contribution is 2.23. The minimum Gasteiger partial charge on any atom is -0.311 e. The standard InChI is InChI=1S/C21H24N4O2S/c26-28(27)15-7-13-24(28)14-12-22-16-19-17-25(20-10-5-2-6-11-20)23-21(19)18-8-3-1-4-9-18/h1-6,8-11,17,22H,7,12-16H2. The van der Waals surface area contributed by atoms with Gasteiger partial charge < -0.3 is 5.32 Å². The second-order valence-electron chi connectivity index (χ2n) is 6.89. The zero-order valence-electron chi connectivity index (χ0n) is 15.7. The van der Waals surface area contributed by atoms with E-state index in [0.717, 1.165) is 28.9 Å². The van der Waals surface area contributed by atoms with Crippen LogP contribution in [0.2, 0.25) is 0 Å². The molecule has 2 heterocycles. The minimum absolute atomic E-state index is 0.273. The third kappa shape index (κ3) is 4.16. The molecule has 0 spiro atoms. The predicted molar refractivity (Wildman–Crippen MR) is 111 cm³/mol. The van der Waals surface area contributed by atoms with Crippen LogP contribution < -0.4 is 5.32 Å². The van der Waals surface area contributed by atoms with Crippen molar-refractivity contribution in [2.45, 2.75) is 13.0 Å². The van der Waals surface area contributed by atoms with Crippen LogP contribution >= 0.6 is 0 Å². The van der Waals surface area contributed by atoms with Crippen LogP contribution in [0, 0.1) is 0 Å². The largest absolute Gasteiger partial charge is 0.311 e. The molecule has 0 aliphatic carbocycles. The molecule has 1 N–H and O–H groups in total. The Morgan fingerprint density at radius 3 is 2.39 bits per heavy atom. The topological polar surface area (TPSA) is 67.2 Å². The first kappa shape index (κ1) is 18.9. The third-order valence-electron chi connectivity index (χ3n) is 4.91. The smallest absolute Gasteiger partial charge is 0.214 e. The van der Waals surface area contributed by atoms with E-state index in [2.05, 4.69) is 17.4 Å².